The van der Waals surface area contributed by atoms with Crippen LogP contribution in [-0.2, 0) is 6.42 Å². The van der Waals surface area contributed by atoms with E-state index in [9.17, 15) is 9.59 Å². The number of likely N-dealkylation sites (tertiary alicyclic amines) is 1. The first-order valence-electron chi connectivity index (χ1n) is 9.55. The highest BCUT2D eigenvalue weighted by atomic mass is 16.2. The first-order chi connectivity index (χ1) is 13.6. The Morgan fingerprint density at radius 1 is 1.18 bits per heavy atom. The van der Waals surface area contributed by atoms with E-state index in [-0.39, 0.29) is 11.6 Å². The molecule has 2 aromatic heterocycles. The summed E-state index contributed by atoms with van der Waals surface area (Å²) in [5.74, 6) is 1.16. The summed E-state index contributed by atoms with van der Waals surface area (Å²) in [6, 6.07) is 11.4. The van der Waals surface area contributed by atoms with Crippen molar-refractivity contribution in [2.75, 3.05) is 13.1 Å². The van der Waals surface area contributed by atoms with Crippen LogP contribution in [0.3, 0.4) is 0 Å². The van der Waals surface area contributed by atoms with Crippen LogP contribution in [0.5, 0.6) is 0 Å². The lowest BCUT2D eigenvalue weighted by molar-refractivity contribution is 0.0689. The smallest absolute Gasteiger partial charge is 0.339 e. The van der Waals surface area contributed by atoms with Crippen molar-refractivity contribution in [2.24, 2.45) is 5.92 Å². The number of aryl methyl sites for hydroxylation is 1. The lowest BCUT2D eigenvalue weighted by Gasteiger charge is -2.31. The zero-order valence-electron chi connectivity index (χ0n) is 15.8. The number of rotatable bonds is 4. The van der Waals surface area contributed by atoms with Gasteiger partial charge in [0, 0.05) is 31.9 Å². The lowest BCUT2D eigenvalue weighted by atomic mass is 9.93. The molecule has 144 valence electrons. The van der Waals surface area contributed by atoms with Crippen LogP contribution in [0.25, 0.3) is 5.69 Å². The fraction of sp³-hybridized carbons (Fsp3) is 0.333. The number of aromatic amines is 1. The number of pyridine rings is 1. The van der Waals surface area contributed by atoms with E-state index in [0.29, 0.717) is 31.0 Å². The summed E-state index contributed by atoms with van der Waals surface area (Å²) in [6.45, 7) is 3.40. The van der Waals surface area contributed by atoms with Crippen LogP contribution in [0.4, 0.5) is 0 Å². The molecule has 7 nitrogen and oxygen atoms in total. The van der Waals surface area contributed by atoms with Gasteiger partial charge in [-0.2, -0.15) is 5.10 Å². The summed E-state index contributed by atoms with van der Waals surface area (Å²) in [5.41, 5.74) is 2.31. The van der Waals surface area contributed by atoms with Gasteiger partial charge < -0.3 is 4.90 Å². The largest absolute Gasteiger partial charge is 0.347 e. The van der Waals surface area contributed by atoms with Crippen LogP contribution in [0.2, 0.25) is 0 Å². The Bertz CT molecular complexity index is 1020. The van der Waals surface area contributed by atoms with Gasteiger partial charge >= 0.3 is 5.69 Å². The van der Waals surface area contributed by atoms with Gasteiger partial charge in [0.05, 0.1) is 11.3 Å². The van der Waals surface area contributed by atoms with Gasteiger partial charge in [0.25, 0.3) is 5.91 Å². The van der Waals surface area contributed by atoms with Crippen molar-refractivity contribution in [3.8, 4) is 5.69 Å². The van der Waals surface area contributed by atoms with Gasteiger partial charge in [-0.05, 0) is 49.4 Å². The maximum Gasteiger partial charge on any atom is 0.347 e. The molecule has 0 saturated carbocycles. The number of carbonyl (C=O) groups excluding carboxylic acids is 1. The number of benzene rings is 1. The molecule has 1 aromatic carbocycles. The minimum Gasteiger partial charge on any atom is -0.339 e. The summed E-state index contributed by atoms with van der Waals surface area (Å²) >= 11 is 0. The van der Waals surface area contributed by atoms with E-state index in [1.807, 2.05) is 36.1 Å². The number of H-pyrrole nitrogens is 1. The number of amides is 1. The second kappa shape index (κ2) is 7.80. The predicted molar refractivity (Wildman–Crippen MR) is 105 cm³/mol. The quantitative estimate of drug-likeness (QED) is 0.756. The molecule has 0 spiro atoms. The van der Waals surface area contributed by atoms with Crippen molar-refractivity contribution < 1.29 is 4.79 Å². The summed E-state index contributed by atoms with van der Waals surface area (Å²) in [7, 11) is 0. The van der Waals surface area contributed by atoms with Gasteiger partial charge in [0.15, 0.2) is 0 Å². The Kier molecular flexibility index (Phi) is 5.06. The van der Waals surface area contributed by atoms with Gasteiger partial charge in [-0.1, -0.05) is 18.2 Å². The molecule has 0 bridgehead atoms. The molecule has 0 radical (unpaired) electrons. The molecule has 3 heterocycles. The molecular formula is C21H23N5O2. The lowest BCUT2D eigenvalue weighted by Crippen LogP contribution is -2.39. The summed E-state index contributed by atoms with van der Waals surface area (Å²) in [6.07, 6.45) is 5.77. The number of carbonyl (C=O) groups is 1. The van der Waals surface area contributed by atoms with Gasteiger partial charge in [-0.25, -0.2) is 14.5 Å². The third kappa shape index (κ3) is 3.60. The topological polar surface area (TPSA) is 83.9 Å². The van der Waals surface area contributed by atoms with Crippen LogP contribution in [0.1, 0.15) is 34.6 Å². The fourth-order valence-corrected chi connectivity index (χ4v) is 3.80. The van der Waals surface area contributed by atoms with Gasteiger partial charge in [-0.15, -0.1) is 0 Å². The molecule has 1 amide bonds. The van der Waals surface area contributed by atoms with Crippen molar-refractivity contribution >= 4 is 5.91 Å². The third-order valence-corrected chi connectivity index (χ3v) is 5.38. The van der Waals surface area contributed by atoms with E-state index in [2.05, 4.69) is 15.2 Å². The number of nitrogens with one attached hydrogen (secondary N) is 1. The van der Waals surface area contributed by atoms with Crippen LogP contribution >= 0.6 is 0 Å². The van der Waals surface area contributed by atoms with E-state index in [4.69, 9.17) is 0 Å². The van der Waals surface area contributed by atoms with Crippen molar-refractivity contribution in [3.05, 3.63) is 76.2 Å². The van der Waals surface area contributed by atoms with E-state index >= 15 is 0 Å². The number of para-hydroxylation sites is 1. The fourth-order valence-electron chi connectivity index (χ4n) is 3.80. The number of nitrogens with zero attached hydrogens (tertiary/aromatic N) is 4. The van der Waals surface area contributed by atoms with Crippen LogP contribution in [0, 0.1) is 12.8 Å². The van der Waals surface area contributed by atoms with Gasteiger partial charge in [0.2, 0.25) is 0 Å². The molecule has 1 aliphatic heterocycles. The molecular weight excluding hydrogens is 354 g/mol. The number of hydrogen-bond donors (Lipinski definition) is 1. The molecule has 28 heavy (non-hydrogen) atoms. The molecule has 3 aromatic rings. The standard InChI is InChI=1S/C21H23N5O2/c1-15-5-2-3-7-18(15)26-19(23-24-21(26)28)13-16-8-11-25(12-9-16)20(27)17-6-4-10-22-14-17/h2-7,10,14,16H,8-9,11-13H2,1H3,(H,24,28). The van der Waals surface area contributed by atoms with Gasteiger partial charge in [0.1, 0.15) is 5.82 Å². The van der Waals surface area contributed by atoms with E-state index < -0.39 is 0 Å². The molecule has 1 fully saturated rings. The zero-order chi connectivity index (χ0) is 19.5. The van der Waals surface area contributed by atoms with Crippen molar-refractivity contribution in [1.82, 2.24) is 24.6 Å². The molecule has 0 atom stereocenters. The second-order valence-electron chi connectivity index (χ2n) is 7.25. The Morgan fingerprint density at radius 2 is 1.96 bits per heavy atom. The highest BCUT2D eigenvalue weighted by molar-refractivity contribution is 5.93. The molecule has 7 heteroatoms. The van der Waals surface area contributed by atoms with E-state index in [0.717, 1.165) is 29.9 Å². The minimum absolute atomic E-state index is 0.0307. The average molecular weight is 377 g/mol. The predicted octanol–water partition coefficient (Wildman–Crippen LogP) is 2.36. The van der Waals surface area contributed by atoms with Crippen LogP contribution in [0.15, 0.2) is 53.6 Å². The zero-order valence-corrected chi connectivity index (χ0v) is 15.8. The maximum atomic E-state index is 12.6. The van der Waals surface area contributed by atoms with E-state index in [1.54, 1.807) is 29.1 Å². The van der Waals surface area contributed by atoms with E-state index in [1.165, 1.54) is 0 Å². The second-order valence-corrected chi connectivity index (χ2v) is 7.25. The first-order valence-corrected chi connectivity index (χ1v) is 9.55. The Morgan fingerprint density at radius 3 is 2.68 bits per heavy atom. The Balaban J connectivity index is 1.44. The monoisotopic (exact) mass is 377 g/mol. The van der Waals surface area contributed by atoms with Crippen molar-refractivity contribution in [1.29, 1.82) is 0 Å². The molecule has 0 aliphatic carbocycles. The number of hydrogen-bond acceptors (Lipinski definition) is 4. The minimum atomic E-state index is -0.214. The SMILES string of the molecule is Cc1ccccc1-n1c(CC2CCN(C(=O)c3cccnc3)CC2)n[nH]c1=O. The van der Waals surface area contributed by atoms with Crippen LogP contribution in [-0.4, -0.2) is 43.6 Å². The highest BCUT2D eigenvalue weighted by Gasteiger charge is 2.25. The summed E-state index contributed by atoms with van der Waals surface area (Å²) in [4.78, 5) is 30.8. The van der Waals surface area contributed by atoms with Gasteiger partial charge in [-0.3, -0.25) is 9.78 Å². The highest BCUT2D eigenvalue weighted by Crippen LogP contribution is 2.23. The Labute approximate surface area is 163 Å². The molecule has 1 aliphatic rings. The van der Waals surface area contributed by atoms with Crippen molar-refractivity contribution in [2.45, 2.75) is 26.2 Å². The summed E-state index contributed by atoms with van der Waals surface area (Å²) < 4.78 is 1.67. The molecule has 1 saturated heterocycles. The molecule has 4 rings (SSSR count). The third-order valence-electron chi connectivity index (χ3n) is 5.38. The normalized spacial score (nSPS) is 15.0. The Hall–Kier alpha value is -3.22. The maximum absolute atomic E-state index is 12.6. The van der Waals surface area contributed by atoms with Crippen LogP contribution < -0.4 is 5.69 Å². The number of piperidine rings is 1. The summed E-state index contributed by atoms with van der Waals surface area (Å²) in [5, 5.41) is 6.85. The first kappa shape index (κ1) is 18.2. The average Bonchev–Trinajstić information content (AvgIpc) is 3.09. The number of aromatic nitrogens is 4. The molecule has 0 unspecified atom stereocenters. The van der Waals surface area contributed by atoms with Crippen molar-refractivity contribution in [3.63, 3.8) is 0 Å². The molecule has 1 N–H and O–H groups in total.